The highest BCUT2D eigenvalue weighted by atomic mass is 19.1. The Morgan fingerprint density at radius 1 is 1.07 bits per heavy atom. The summed E-state index contributed by atoms with van der Waals surface area (Å²) in [5, 5.41) is 15.6. The number of nitrogens with one attached hydrogen (secondary N) is 2. The summed E-state index contributed by atoms with van der Waals surface area (Å²) < 4.78 is 16.1. The molecule has 0 unspecified atom stereocenters. The van der Waals surface area contributed by atoms with Crippen LogP contribution in [0.3, 0.4) is 0 Å². The summed E-state index contributed by atoms with van der Waals surface area (Å²) in [6.07, 6.45) is 10.9. The number of aromatic nitrogens is 2. The normalized spacial score (nSPS) is 13.9. The third kappa shape index (κ3) is 6.09. The first-order chi connectivity index (χ1) is 19.3. The molecule has 1 aliphatic rings. The van der Waals surface area contributed by atoms with Gasteiger partial charge in [0.2, 0.25) is 0 Å². The van der Waals surface area contributed by atoms with Gasteiger partial charge in [0, 0.05) is 31.2 Å². The molecule has 40 heavy (non-hydrogen) atoms. The molecule has 1 aliphatic carbocycles. The third-order valence-electron chi connectivity index (χ3n) is 7.30. The smallest absolute Gasteiger partial charge is 0.336 e. The predicted octanol–water partition coefficient (Wildman–Crippen LogP) is 7.28. The Labute approximate surface area is 232 Å². The van der Waals surface area contributed by atoms with Crippen LogP contribution >= 0.6 is 0 Å². The van der Waals surface area contributed by atoms with Gasteiger partial charge in [0.15, 0.2) is 0 Å². The monoisotopic (exact) mass is 543 g/mol. The maximum atomic E-state index is 14.2. The SMILES string of the molecule is CC(C)CN(c1ccc(-c2cc(F)ccc2C(=O)O)cc1NC(=O)Nc1ccc2nccn2c1)C1CCCCC1. The van der Waals surface area contributed by atoms with Crippen LogP contribution in [0.4, 0.5) is 26.2 Å². The number of fused-ring (bicyclic) bond motifs is 1. The Morgan fingerprint density at radius 2 is 1.88 bits per heavy atom. The van der Waals surface area contributed by atoms with Gasteiger partial charge >= 0.3 is 12.0 Å². The Bertz CT molecular complexity index is 1530. The number of carboxylic acids is 1. The number of pyridine rings is 1. The largest absolute Gasteiger partial charge is 0.478 e. The van der Waals surface area contributed by atoms with Crippen LogP contribution < -0.4 is 15.5 Å². The van der Waals surface area contributed by atoms with E-state index in [0.717, 1.165) is 49.6 Å². The Morgan fingerprint density at radius 3 is 2.62 bits per heavy atom. The summed E-state index contributed by atoms with van der Waals surface area (Å²) in [6, 6.07) is 12.6. The van der Waals surface area contributed by atoms with Crippen LogP contribution in [0.2, 0.25) is 0 Å². The molecule has 208 valence electrons. The summed E-state index contributed by atoms with van der Waals surface area (Å²) in [4.78, 5) is 31.8. The number of imidazole rings is 1. The molecule has 0 atom stereocenters. The van der Waals surface area contributed by atoms with Gasteiger partial charge in [-0.2, -0.15) is 0 Å². The second-order valence-corrected chi connectivity index (χ2v) is 10.8. The minimum atomic E-state index is -1.15. The molecule has 2 amide bonds. The van der Waals surface area contributed by atoms with Crippen molar-refractivity contribution < 1.29 is 19.1 Å². The standard InChI is InChI=1S/C31H34FN5O3/c1-20(2)18-37(24-6-4-3-5-7-24)28-12-8-21(26-17-22(32)9-11-25(26)30(38)39)16-27(28)35-31(40)34-23-10-13-29-33-14-15-36(29)19-23/h8-17,19-20,24H,3-7,18H2,1-2H3,(H,38,39)(H2,34,35,40). The number of nitrogens with zero attached hydrogens (tertiary/aromatic N) is 3. The lowest BCUT2D eigenvalue weighted by atomic mass is 9.92. The van der Waals surface area contributed by atoms with E-state index >= 15 is 0 Å². The number of hydrogen-bond acceptors (Lipinski definition) is 4. The van der Waals surface area contributed by atoms with Gasteiger partial charge in [-0.3, -0.25) is 0 Å². The lowest BCUT2D eigenvalue weighted by Crippen LogP contribution is -2.40. The van der Waals surface area contributed by atoms with E-state index in [1.165, 1.54) is 18.6 Å². The zero-order chi connectivity index (χ0) is 28.2. The highest BCUT2D eigenvalue weighted by molar-refractivity contribution is 6.03. The molecular weight excluding hydrogens is 509 g/mol. The first-order valence-electron chi connectivity index (χ1n) is 13.7. The van der Waals surface area contributed by atoms with E-state index < -0.39 is 17.8 Å². The van der Waals surface area contributed by atoms with E-state index in [4.69, 9.17) is 0 Å². The van der Waals surface area contributed by atoms with E-state index in [1.807, 2.05) is 22.6 Å². The number of amides is 2. The molecular formula is C31H34FN5O3. The molecule has 3 N–H and O–H groups in total. The second kappa shape index (κ2) is 11.8. The average Bonchev–Trinajstić information content (AvgIpc) is 3.40. The fourth-order valence-corrected chi connectivity index (χ4v) is 5.50. The molecule has 1 saturated carbocycles. The number of carboxylic acid groups (broad SMARTS) is 1. The maximum absolute atomic E-state index is 14.2. The highest BCUT2D eigenvalue weighted by Gasteiger charge is 2.25. The molecule has 0 aliphatic heterocycles. The van der Waals surface area contributed by atoms with E-state index in [0.29, 0.717) is 28.9 Å². The van der Waals surface area contributed by atoms with Gasteiger partial charge in [-0.15, -0.1) is 0 Å². The molecule has 0 spiro atoms. The highest BCUT2D eigenvalue weighted by Crippen LogP contribution is 2.37. The maximum Gasteiger partial charge on any atom is 0.336 e. The number of rotatable bonds is 8. The van der Waals surface area contributed by atoms with Crippen LogP contribution in [0.25, 0.3) is 16.8 Å². The molecule has 0 radical (unpaired) electrons. The topological polar surface area (TPSA) is 99.0 Å². The molecule has 0 saturated heterocycles. The quantitative estimate of drug-likeness (QED) is 0.217. The fourth-order valence-electron chi connectivity index (χ4n) is 5.50. The summed E-state index contributed by atoms with van der Waals surface area (Å²) in [5.74, 6) is -1.30. The summed E-state index contributed by atoms with van der Waals surface area (Å²) in [5.41, 5.74) is 3.49. The van der Waals surface area contributed by atoms with Crippen molar-refractivity contribution >= 4 is 34.7 Å². The van der Waals surface area contributed by atoms with Gasteiger partial charge in [0.25, 0.3) is 0 Å². The second-order valence-electron chi connectivity index (χ2n) is 10.8. The number of anilines is 3. The summed E-state index contributed by atoms with van der Waals surface area (Å²) in [6.45, 7) is 5.14. The van der Waals surface area contributed by atoms with Gasteiger partial charge in [0.1, 0.15) is 11.5 Å². The van der Waals surface area contributed by atoms with E-state index in [-0.39, 0.29) is 11.1 Å². The zero-order valence-corrected chi connectivity index (χ0v) is 22.7. The van der Waals surface area contributed by atoms with Crippen molar-refractivity contribution in [2.45, 2.75) is 52.0 Å². The van der Waals surface area contributed by atoms with Crippen LogP contribution in [-0.2, 0) is 0 Å². The van der Waals surface area contributed by atoms with Crippen LogP contribution in [0, 0.1) is 11.7 Å². The third-order valence-corrected chi connectivity index (χ3v) is 7.30. The molecule has 9 heteroatoms. The molecule has 1 fully saturated rings. The van der Waals surface area contributed by atoms with Crippen molar-refractivity contribution in [1.82, 2.24) is 9.38 Å². The average molecular weight is 544 g/mol. The van der Waals surface area contributed by atoms with E-state index in [1.54, 1.807) is 30.7 Å². The first kappa shape index (κ1) is 27.2. The van der Waals surface area contributed by atoms with Crippen molar-refractivity contribution in [2.24, 2.45) is 5.92 Å². The van der Waals surface area contributed by atoms with Gasteiger partial charge < -0.3 is 25.0 Å². The van der Waals surface area contributed by atoms with Crippen molar-refractivity contribution in [3.8, 4) is 11.1 Å². The van der Waals surface area contributed by atoms with Gasteiger partial charge in [0.05, 0.1) is 22.6 Å². The molecule has 2 aromatic heterocycles. The lowest BCUT2D eigenvalue weighted by Gasteiger charge is -2.38. The van der Waals surface area contributed by atoms with Crippen LogP contribution in [0.5, 0.6) is 0 Å². The van der Waals surface area contributed by atoms with E-state index in [2.05, 4.69) is 34.4 Å². The number of hydrogen-bond donors (Lipinski definition) is 3. The minimum absolute atomic E-state index is 0.00972. The van der Waals surface area contributed by atoms with Crippen molar-refractivity contribution in [3.63, 3.8) is 0 Å². The Kier molecular flexibility index (Phi) is 8.00. The van der Waals surface area contributed by atoms with Crippen LogP contribution in [0.15, 0.2) is 67.1 Å². The van der Waals surface area contributed by atoms with Crippen molar-refractivity contribution in [2.75, 3.05) is 22.1 Å². The number of urea groups is 1. The Hall–Kier alpha value is -4.40. The Balaban J connectivity index is 1.54. The number of carbonyl (C=O) groups is 2. The molecule has 0 bridgehead atoms. The van der Waals surface area contributed by atoms with Gasteiger partial charge in [-0.1, -0.05) is 39.2 Å². The van der Waals surface area contributed by atoms with Crippen molar-refractivity contribution in [3.05, 3.63) is 78.5 Å². The van der Waals surface area contributed by atoms with Crippen LogP contribution in [0.1, 0.15) is 56.3 Å². The van der Waals surface area contributed by atoms with E-state index in [9.17, 15) is 19.1 Å². The molecule has 5 rings (SSSR count). The fraction of sp³-hybridized carbons (Fsp3) is 0.323. The number of aromatic carboxylic acids is 1. The number of carbonyl (C=O) groups excluding carboxylic acids is 1. The number of halogens is 1. The van der Waals surface area contributed by atoms with Crippen LogP contribution in [-0.4, -0.2) is 39.1 Å². The number of benzene rings is 2. The lowest BCUT2D eigenvalue weighted by molar-refractivity contribution is 0.0697. The van der Waals surface area contributed by atoms with Gasteiger partial charge in [-0.25, -0.2) is 19.0 Å². The predicted molar refractivity (Wildman–Crippen MR) is 156 cm³/mol. The summed E-state index contributed by atoms with van der Waals surface area (Å²) >= 11 is 0. The molecule has 2 heterocycles. The summed E-state index contributed by atoms with van der Waals surface area (Å²) in [7, 11) is 0. The molecule has 2 aromatic carbocycles. The van der Waals surface area contributed by atoms with Crippen molar-refractivity contribution in [1.29, 1.82) is 0 Å². The minimum Gasteiger partial charge on any atom is -0.478 e. The molecule has 8 nitrogen and oxygen atoms in total. The molecule has 4 aromatic rings. The first-order valence-corrected chi connectivity index (χ1v) is 13.7. The van der Waals surface area contributed by atoms with Gasteiger partial charge in [-0.05, 0) is 72.4 Å². The zero-order valence-electron chi connectivity index (χ0n) is 22.7.